The number of para-hydroxylation sites is 1. The molecule has 0 bridgehead atoms. The van der Waals surface area contributed by atoms with Crippen LogP contribution >= 0.6 is 11.3 Å². The molecule has 0 aliphatic rings. The first-order chi connectivity index (χ1) is 20.1. The lowest BCUT2D eigenvalue weighted by Gasteiger charge is -2.18. The Labute approximate surface area is 244 Å². The lowest BCUT2D eigenvalue weighted by Crippen LogP contribution is -2.23. The SMILES string of the molecule is COc1ccc(-c2nn(-c3ccccc3)cc2/C=c2\sc3nc(-c4ccc(C(C)(C)C)cc4)nn3c2=O)cc1[N+](=O)[O-]. The van der Waals surface area contributed by atoms with Crippen molar-refractivity contribution in [3.63, 3.8) is 0 Å². The van der Waals surface area contributed by atoms with Gasteiger partial charge >= 0.3 is 5.69 Å². The van der Waals surface area contributed by atoms with Crippen LogP contribution in [0.25, 0.3) is 39.4 Å². The molecule has 0 aliphatic carbocycles. The summed E-state index contributed by atoms with van der Waals surface area (Å²) in [5.41, 5.74) is 3.96. The van der Waals surface area contributed by atoms with E-state index in [9.17, 15) is 14.9 Å². The van der Waals surface area contributed by atoms with Crippen LogP contribution in [-0.2, 0) is 5.41 Å². The monoisotopic (exact) mass is 578 g/mol. The summed E-state index contributed by atoms with van der Waals surface area (Å²) in [6.45, 7) is 6.46. The van der Waals surface area contributed by atoms with Gasteiger partial charge in [-0.3, -0.25) is 14.9 Å². The first-order valence-corrected chi connectivity index (χ1v) is 13.9. The summed E-state index contributed by atoms with van der Waals surface area (Å²) in [6, 6.07) is 22.2. The molecule has 0 N–H and O–H groups in total. The highest BCUT2D eigenvalue weighted by atomic mass is 32.1. The van der Waals surface area contributed by atoms with E-state index in [2.05, 4.69) is 43.0 Å². The number of thiazole rings is 1. The van der Waals surface area contributed by atoms with Crippen molar-refractivity contribution in [2.45, 2.75) is 26.2 Å². The van der Waals surface area contributed by atoms with Crippen molar-refractivity contribution in [2.75, 3.05) is 7.11 Å². The van der Waals surface area contributed by atoms with Gasteiger partial charge in [0.2, 0.25) is 4.96 Å². The van der Waals surface area contributed by atoms with Gasteiger partial charge in [0.1, 0.15) is 5.69 Å². The van der Waals surface area contributed by atoms with Crippen molar-refractivity contribution in [2.24, 2.45) is 0 Å². The Morgan fingerprint density at radius 2 is 1.69 bits per heavy atom. The molecule has 0 saturated heterocycles. The van der Waals surface area contributed by atoms with Crippen LogP contribution in [0.1, 0.15) is 31.9 Å². The van der Waals surface area contributed by atoms with Gasteiger partial charge in [-0.1, -0.05) is 74.6 Å². The molecule has 6 rings (SSSR count). The number of rotatable bonds is 6. The van der Waals surface area contributed by atoms with Gasteiger partial charge in [0.15, 0.2) is 11.6 Å². The smallest absolute Gasteiger partial charge is 0.311 e. The molecule has 0 radical (unpaired) electrons. The van der Waals surface area contributed by atoms with Crippen LogP contribution in [0.15, 0.2) is 83.8 Å². The molecule has 3 heterocycles. The van der Waals surface area contributed by atoms with E-state index in [1.165, 1.54) is 40.7 Å². The average molecular weight is 579 g/mol. The number of fused-ring (bicyclic) bond motifs is 1. The fraction of sp³-hybridized carbons (Fsp3) is 0.161. The molecule has 6 aromatic rings. The lowest BCUT2D eigenvalue weighted by molar-refractivity contribution is -0.385. The van der Waals surface area contributed by atoms with Gasteiger partial charge in [-0.2, -0.15) is 14.6 Å². The van der Waals surface area contributed by atoms with E-state index in [-0.39, 0.29) is 22.4 Å². The van der Waals surface area contributed by atoms with E-state index in [1.807, 2.05) is 42.5 Å². The maximum Gasteiger partial charge on any atom is 0.311 e. The minimum absolute atomic E-state index is 0.0251. The zero-order chi connectivity index (χ0) is 29.6. The first-order valence-electron chi connectivity index (χ1n) is 13.1. The van der Waals surface area contributed by atoms with Gasteiger partial charge in [0.25, 0.3) is 5.56 Å². The summed E-state index contributed by atoms with van der Waals surface area (Å²) in [5.74, 6) is 0.626. The van der Waals surface area contributed by atoms with Crippen LogP contribution < -0.4 is 14.8 Å². The van der Waals surface area contributed by atoms with Crippen molar-refractivity contribution < 1.29 is 9.66 Å². The molecule has 3 aromatic heterocycles. The summed E-state index contributed by atoms with van der Waals surface area (Å²) < 4.78 is 8.57. The summed E-state index contributed by atoms with van der Waals surface area (Å²) in [5, 5.41) is 20.9. The number of hydrogen-bond donors (Lipinski definition) is 0. The van der Waals surface area contributed by atoms with Crippen molar-refractivity contribution in [1.29, 1.82) is 0 Å². The van der Waals surface area contributed by atoms with Gasteiger partial charge in [0.05, 0.1) is 22.3 Å². The van der Waals surface area contributed by atoms with Gasteiger partial charge < -0.3 is 4.74 Å². The molecule has 0 aliphatic heterocycles. The number of benzene rings is 3. The second kappa shape index (κ2) is 10.3. The third-order valence-electron chi connectivity index (χ3n) is 6.89. The molecule has 0 unspecified atom stereocenters. The van der Waals surface area contributed by atoms with Crippen LogP contribution in [0.2, 0.25) is 0 Å². The fourth-order valence-corrected chi connectivity index (χ4v) is 5.53. The summed E-state index contributed by atoms with van der Waals surface area (Å²) in [4.78, 5) is 29.7. The number of aromatic nitrogens is 5. The van der Waals surface area contributed by atoms with Gasteiger partial charge in [0, 0.05) is 29.0 Å². The molecule has 0 amide bonds. The summed E-state index contributed by atoms with van der Waals surface area (Å²) >= 11 is 1.22. The van der Waals surface area contributed by atoms with Crippen molar-refractivity contribution in [3.8, 4) is 34.1 Å². The lowest BCUT2D eigenvalue weighted by atomic mass is 9.87. The Morgan fingerprint density at radius 3 is 2.33 bits per heavy atom. The zero-order valence-corrected chi connectivity index (χ0v) is 24.1. The Bertz CT molecular complexity index is 2050. The molecule has 0 saturated carbocycles. The maximum atomic E-state index is 13.4. The summed E-state index contributed by atoms with van der Waals surface area (Å²) in [7, 11) is 1.38. The number of hydrogen-bond acceptors (Lipinski definition) is 8. The Balaban J connectivity index is 1.46. The van der Waals surface area contributed by atoms with E-state index >= 15 is 0 Å². The normalized spacial score (nSPS) is 12.2. The minimum Gasteiger partial charge on any atom is -0.490 e. The van der Waals surface area contributed by atoms with Gasteiger partial charge in [-0.15, -0.1) is 5.10 Å². The maximum absolute atomic E-state index is 13.4. The average Bonchev–Trinajstić information content (AvgIpc) is 3.68. The molecule has 3 aromatic carbocycles. The van der Waals surface area contributed by atoms with E-state index in [0.717, 1.165) is 11.3 Å². The molecule has 42 heavy (non-hydrogen) atoms. The molecular weight excluding hydrogens is 552 g/mol. The standard InChI is InChI=1S/C31H26N6O4S/c1-31(2,3)22-13-10-19(11-14-22)28-32-30-36(34-28)29(38)26(42-30)17-21-18-35(23-8-6-5-7-9-23)33-27(21)20-12-15-25(41-4)24(16-20)37(39)40/h5-18H,1-4H3/b26-17-. The van der Waals surface area contributed by atoms with Crippen LogP contribution in [0.3, 0.4) is 0 Å². The molecular formula is C31H26N6O4S. The zero-order valence-electron chi connectivity index (χ0n) is 23.3. The largest absolute Gasteiger partial charge is 0.490 e. The first kappa shape index (κ1) is 27.0. The van der Waals surface area contributed by atoms with E-state index < -0.39 is 4.92 Å². The highest BCUT2D eigenvalue weighted by Crippen LogP contribution is 2.33. The molecule has 10 nitrogen and oxygen atoms in total. The number of ether oxygens (including phenoxy) is 1. The second-order valence-corrected chi connectivity index (χ2v) is 11.7. The van der Waals surface area contributed by atoms with E-state index in [1.54, 1.807) is 23.0 Å². The summed E-state index contributed by atoms with van der Waals surface area (Å²) in [6.07, 6.45) is 3.51. The van der Waals surface area contributed by atoms with Crippen LogP contribution in [0.4, 0.5) is 5.69 Å². The number of nitro groups is 1. The van der Waals surface area contributed by atoms with E-state index in [0.29, 0.717) is 32.1 Å². The molecule has 11 heteroatoms. The van der Waals surface area contributed by atoms with Crippen molar-refractivity contribution in [1.82, 2.24) is 24.4 Å². The Morgan fingerprint density at radius 1 is 0.976 bits per heavy atom. The van der Waals surface area contributed by atoms with Crippen LogP contribution in [-0.4, -0.2) is 36.4 Å². The van der Waals surface area contributed by atoms with Gasteiger partial charge in [-0.05, 0) is 41.3 Å². The predicted octanol–water partition coefficient (Wildman–Crippen LogP) is 5.43. The van der Waals surface area contributed by atoms with E-state index in [4.69, 9.17) is 9.84 Å². The highest BCUT2D eigenvalue weighted by molar-refractivity contribution is 7.15. The number of methoxy groups -OCH3 is 1. The van der Waals surface area contributed by atoms with Gasteiger partial charge in [-0.25, -0.2) is 4.68 Å². The quantitative estimate of drug-likeness (QED) is 0.191. The highest BCUT2D eigenvalue weighted by Gasteiger charge is 2.20. The van der Waals surface area contributed by atoms with Crippen LogP contribution in [0, 0.1) is 10.1 Å². The van der Waals surface area contributed by atoms with Crippen molar-refractivity contribution >= 4 is 28.1 Å². The Kier molecular flexibility index (Phi) is 6.66. The minimum atomic E-state index is -0.496. The number of nitro benzene ring substituents is 1. The third-order valence-corrected chi connectivity index (χ3v) is 7.85. The second-order valence-electron chi connectivity index (χ2n) is 10.7. The topological polar surface area (TPSA) is 117 Å². The third kappa shape index (κ3) is 4.94. The molecule has 210 valence electrons. The Hall–Kier alpha value is -5.16. The molecule has 0 fully saturated rings. The fourth-order valence-electron chi connectivity index (χ4n) is 4.63. The predicted molar refractivity (Wildman–Crippen MR) is 162 cm³/mol. The van der Waals surface area contributed by atoms with Crippen molar-refractivity contribution in [3.05, 3.63) is 115 Å². The van der Waals surface area contributed by atoms with Crippen LogP contribution in [0.5, 0.6) is 5.75 Å². The molecule has 0 spiro atoms. The molecule has 0 atom stereocenters. The number of nitrogens with zero attached hydrogens (tertiary/aromatic N) is 6.